The summed E-state index contributed by atoms with van der Waals surface area (Å²) in [6.07, 6.45) is 1.53. The maximum atomic E-state index is 12.6. The molecule has 0 saturated heterocycles. The highest BCUT2D eigenvalue weighted by molar-refractivity contribution is 9.10. The van der Waals surface area contributed by atoms with Gasteiger partial charge in [0.25, 0.3) is 5.91 Å². The van der Waals surface area contributed by atoms with Gasteiger partial charge in [0.1, 0.15) is 11.6 Å². The molecule has 0 spiro atoms. The van der Waals surface area contributed by atoms with Crippen molar-refractivity contribution in [1.29, 1.82) is 5.26 Å². The van der Waals surface area contributed by atoms with Crippen molar-refractivity contribution in [3.63, 3.8) is 0 Å². The smallest absolute Gasteiger partial charge is 0.337 e. The van der Waals surface area contributed by atoms with Crippen molar-refractivity contribution in [3.8, 4) is 11.8 Å². The molecule has 3 aromatic rings. The van der Waals surface area contributed by atoms with Gasteiger partial charge in [-0.25, -0.2) is 4.79 Å². The van der Waals surface area contributed by atoms with Crippen molar-refractivity contribution in [2.45, 2.75) is 13.8 Å². The van der Waals surface area contributed by atoms with E-state index >= 15 is 0 Å². The number of carboxylic acids is 1. The molecule has 3 rings (SSSR count). The Morgan fingerprint density at radius 2 is 1.94 bits per heavy atom. The molecule has 6 nitrogen and oxygen atoms in total. The molecular formula is C23H17BrClN3O3. The molecule has 1 heterocycles. The number of anilines is 1. The highest BCUT2D eigenvalue weighted by Gasteiger charge is 2.16. The minimum Gasteiger partial charge on any atom is -0.478 e. The first-order valence-electron chi connectivity index (χ1n) is 9.12. The predicted molar refractivity (Wildman–Crippen MR) is 124 cm³/mol. The number of hydrogen-bond acceptors (Lipinski definition) is 3. The summed E-state index contributed by atoms with van der Waals surface area (Å²) in [6, 6.07) is 15.6. The van der Waals surface area contributed by atoms with Crippen LogP contribution in [0.25, 0.3) is 11.8 Å². The largest absolute Gasteiger partial charge is 0.478 e. The molecule has 0 bridgehead atoms. The Balaban J connectivity index is 1.96. The van der Waals surface area contributed by atoms with Crippen LogP contribution in [-0.2, 0) is 4.79 Å². The first-order chi connectivity index (χ1) is 14.7. The van der Waals surface area contributed by atoms with Crippen LogP contribution in [0.5, 0.6) is 0 Å². The zero-order chi connectivity index (χ0) is 22.7. The van der Waals surface area contributed by atoms with Gasteiger partial charge in [0.15, 0.2) is 0 Å². The molecule has 0 saturated carbocycles. The van der Waals surface area contributed by atoms with Gasteiger partial charge in [-0.05, 0) is 68.0 Å². The molecule has 156 valence electrons. The third kappa shape index (κ3) is 4.88. The van der Waals surface area contributed by atoms with Gasteiger partial charge in [-0.3, -0.25) is 4.79 Å². The SMILES string of the molecule is Cc1cc(/C=C(/C#N)C(=O)Nc2cccc(Br)c2)c(C)n1-c1ccc(C(=O)O)c(Cl)c1. The number of nitrogens with zero attached hydrogens (tertiary/aromatic N) is 2. The highest BCUT2D eigenvalue weighted by Crippen LogP contribution is 2.27. The molecule has 0 aliphatic heterocycles. The molecule has 1 aromatic heterocycles. The van der Waals surface area contributed by atoms with Gasteiger partial charge in [-0.2, -0.15) is 5.26 Å². The van der Waals surface area contributed by atoms with Crippen LogP contribution in [0.4, 0.5) is 5.69 Å². The molecule has 2 N–H and O–H groups in total. The van der Waals surface area contributed by atoms with Gasteiger partial charge in [0.05, 0.1) is 10.6 Å². The number of hydrogen-bond donors (Lipinski definition) is 2. The Morgan fingerprint density at radius 1 is 1.19 bits per heavy atom. The molecule has 8 heteroatoms. The van der Waals surface area contributed by atoms with Gasteiger partial charge in [-0.1, -0.05) is 33.6 Å². The number of aromatic carboxylic acids is 1. The molecule has 31 heavy (non-hydrogen) atoms. The lowest BCUT2D eigenvalue weighted by molar-refractivity contribution is -0.112. The molecule has 0 aliphatic carbocycles. The molecule has 1 amide bonds. The van der Waals surface area contributed by atoms with Gasteiger partial charge in [-0.15, -0.1) is 0 Å². The van der Waals surface area contributed by atoms with Crippen molar-refractivity contribution in [3.05, 3.63) is 86.1 Å². The number of nitrogens with one attached hydrogen (secondary N) is 1. The molecular weight excluding hydrogens is 482 g/mol. The summed E-state index contributed by atoms with van der Waals surface area (Å²) in [5.41, 5.74) is 3.54. The molecule has 0 radical (unpaired) electrons. The van der Waals surface area contributed by atoms with Crippen LogP contribution < -0.4 is 5.32 Å². The zero-order valence-corrected chi connectivity index (χ0v) is 19.0. The van der Waals surface area contributed by atoms with Gasteiger partial charge in [0.2, 0.25) is 0 Å². The maximum Gasteiger partial charge on any atom is 0.337 e. The number of aryl methyl sites for hydroxylation is 1. The van der Waals surface area contributed by atoms with Crippen LogP contribution >= 0.6 is 27.5 Å². The second-order valence-corrected chi connectivity index (χ2v) is 8.09. The van der Waals surface area contributed by atoms with Crippen molar-refractivity contribution in [1.82, 2.24) is 4.57 Å². The fourth-order valence-electron chi connectivity index (χ4n) is 3.22. The van der Waals surface area contributed by atoms with E-state index in [1.54, 1.807) is 30.3 Å². The van der Waals surface area contributed by atoms with Gasteiger partial charge in [0, 0.05) is 27.2 Å². The normalized spacial score (nSPS) is 11.1. The average Bonchev–Trinajstić information content (AvgIpc) is 2.98. The summed E-state index contributed by atoms with van der Waals surface area (Å²) < 4.78 is 2.69. The monoisotopic (exact) mass is 497 g/mol. The lowest BCUT2D eigenvalue weighted by Crippen LogP contribution is -2.13. The molecule has 0 fully saturated rings. The number of carboxylic acid groups (broad SMARTS) is 1. The fraction of sp³-hybridized carbons (Fsp3) is 0.0870. The van der Waals surface area contributed by atoms with Crippen LogP contribution in [0.15, 0.2) is 58.6 Å². The number of benzene rings is 2. The van der Waals surface area contributed by atoms with E-state index in [2.05, 4.69) is 21.2 Å². The lowest BCUT2D eigenvalue weighted by atomic mass is 10.1. The van der Waals surface area contributed by atoms with Gasteiger partial charge < -0.3 is 15.0 Å². The van der Waals surface area contributed by atoms with Crippen LogP contribution in [-0.4, -0.2) is 21.6 Å². The predicted octanol–water partition coefficient (Wildman–Crippen LogP) is 5.75. The van der Waals surface area contributed by atoms with E-state index in [1.165, 1.54) is 12.1 Å². The van der Waals surface area contributed by atoms with E-state index in [9.17, 15) is 14.9 Å². The quantitative estimate of drug-likeness (QED) is 0.346. The van der Waals surface area contributed by atoms with Gasteiger partial charge >= 0.3 is 5.97 Å². The summed E-state index contributed by atoms with van der Waals surface area (Å²) in [5.74, 6) is -1.62. The van der Waals surface area contributed by atoms with E-state index in [4.69, 9.17) is 16.7 Å². The highest BCUT2D eigenvalue weighted by atomic mass is 79.9. The first-order valence-corrected chi connectivity index (χ1v) is 10.3. The van der Waals surface area contributed by atoms with E-state index < -0.39 is 11.9 Å². The topological polar surface area (TPSA) is 95.1 Å². The molecule has 2 aromatic carbocycles. The fourth-order valence-corrected chi connectivity index (χ4v) is 3.87. The number of halogens is 2. The molecule has 0 aliphatic rings. The summed E-state index contributed by atoms with van der Waals surface area (Å²) in [5, 5.41) is 21.5. The number of carbonyl (C=O) groups is 2. The Kier molecular flexibility index (Phi) is 6.64. The lowest BCUT2D eigenvalue weighted by Gasteiger charge is -2.11. The zero-order valence-electron chi connectivity index (χ0n) is 16.6. The molecule has 0 unspecified atom stereocenters. The van der Waals surface area contributed by atoms with Crippen molar-refractivity contribution in [2.75, 3.05) is 5.32 Å². The number of nitriles is 1. The van der Waals surface area contributed by atoms with E-state index in [0.717, 1.165) is 15.9 Å². The Bertz CT molecular complexity index is 1270. The maximum absolute atomic E-state index is 12.6. The van der Waals surface area contributed by atoms with Crippen molar-refractivity contribution >= 4 is 51.2 Å². The van der Waals surface area contributed by atoms with Crippen LogP contribution in [0.3, 0.4) is 0 Å². The number of amides is 1. The number of rotatable bonds is 5. The van der Waals surface area contributed by atoms with Crippen LogP contribution in [0, 0.1) is 25.2 Å². The Morgan fingerprint density at radius 3 is 2.55 bits per heavy atom. The third-order valence-corrected chi connectivity index (χ3v) is 5.46. The standard InChI is InChI=1S/C23H17BrClN3O3/c1-13-8-15(9-16(12-26)22(29)27-18-5-3-4-17(24)10-18)14(2)28(13)19-6-7-20(23(30)31)21(25)11-19/h3-11H,1-2H3,(H,27,29)(H,30,31)/b16-9-. The second kappa shape index (κ2) is 9.21. The minimum absolute atomic E-state index is 0.0176. The third-order valence-electron chi connectivity index (χ3n) is 4.66. The number of aromatic nitrogens is 1. The van der Waals surface area contributed by atoms with E-state index in [0.29, 0.717) is 16.9 Å². The Labute approximate surface area is 192 Å². The molecule has 0 atom stereocenters. The Hall–Kier alpha value is -3.34. The van der Waals surface area contributed by atoms with E-state index in [-0.39, 0.29) is 16.2 Å². The summed E-state index contributed by atoms with van der Waals surface area (Å²) >= 11 is 9.46. The summed E-state index contributed by atoms with van der Waals surface area (Å²) in [6.45, 7) is 3.72. The first kappa shape index (κ1) is 22.3. The van der Waals surface area contributed by atoms with Crippen LogP contribution in [0.1, 0.15) is 27.3 Å². The average molecular weight is 499 g/mol. The van der Waals surface area contributed by atoms with Crippen LogP contribution in [0.2, 0.25) is 5.02 Å². The summed E-state index contributed by atoms with van der Waals surface area (Å²) in [4.78, 5) is 23.8. The van der Waals surface area contributed by atoms with E-state index in [1.807, 2.05) is 36.6 Å². The van der Waals surface area contributed by atoms with Crippen molar-refractivity contribution < 1.29 is 14.7 Å². The number of carbonyl (C=O) groups excluding carboxylic acids is 1. The second-order valence-electron chi connectivity index (χ2n) is 6.77. The minimum atomic E-state index is -1.10. The summed E-state index contributed by atoms with van der Waals surface area (Å²) in [7, 11) is 0. The van der Waals surface area contributed by atoms with Crippen molar-refractivity contribution in [2.24, 2.45) is 0 Å².